The summed E-state index contributed by atoms with van der Waals surface area (Å²) in [6.07, 6.45) is 0.619. The molecular weight excluding hydrogens is 331 g/mol. The Labute approximate surface area is 125 Å². The number of aliphatic hydroxyl groups is 1. The average Bonchev–Trinajstić information content (AvgIpc) is 2.39. The lowest BCUT2D eigenvalue weighted by atomic mass is 9.93. The van der Waals surface area contributed by atoms with Gasteiger partial charge in [-0.2, -0.15) is 0 Å². The fourth-order valence-corrected chi connectivity index (χ4v) is 2.73. The van der Waals surface area contributed by atoms with Crippen LogP contribution >= 0.6 is 27.5 Å². The van der Waals surface area contributed by atoms with Gasteiger partial charge < -0.3 is 5.11 Å². The quantitative estimate of drug-likeness (QED) is 0.863. The molecule has 100 valence electrons. The Hall–Kier alpha value is -0.900. The Morgan fingerprint density at radius 2 is 1.84 bits per heavy atom. The van der Waals surface area contributed by atoms with E-state index < -0.39 is 0 Å². The zero-order chi connectivity index (χ0) is 13.8. The summed E-state index contributed by atoms with van der Waals surface area (Å²) in [5.74, 6) is -0.360. The normalized spacial score (nSPS) is 12.4. The minimum absolute atomic E-state index is 0.00196. The van der Waals surface area contributed by atoms with E-state index in [4.69, 9.17) is 11.6 Å². The van der Waals surface area contributed by atoms with Crippen molar-refractivity contribution in [3.63, 3.8) is 0 Å². The van der Waals surface area contributed by atoms with Crippen LogP contribution in [0.1, 0.15) is 17.0 Å². The number of halogens is 3. The highest BCUT2D eigenvalue weighted by molar-refractivity contribution is 9.10. The van der Waals surface area contributed by atoms with Crippen molar-refractivity contribution in [3.05, 3.63) is 68.9 Å². The van der Waals surface area contributed by atoms with Gasteiger partial charge in [0.25, 0.3) is 0 Å². The number of rotatable bonds is 4. The monoisotopic (exact) mass is 342 g/mol. The van der Waals surface area contributed by atoms with Gasteiger partial charge in [-0.3, -0.25) is 0 Å². The van der Waals surface area contributed by atoms with E-state index in [1.165, 1.54) is 12.1 Å². The Morgan fingerprint density at radius 3 is 2.42 bits per heavy atom. The average molecular weight is 344 g/mol. The Bertz CT molecular complexity index is 557. The molecule has 0 heterocycles. The van der Waals surface area contributed by atoms with Gasteiger partial charge in [0, 0.05) is 15.4 Å². The molecule has 0 radical (unpaired) electrons. The van der Waals surface area contributed by atoms with Crippen LogP contribution in [0.15, 0.2) is 46.9 Å². The molecule has 0 aromatic heterocycles. The van der Waals surface area contributed by atoms with E-state index in [2.05, 4.69) is 15.9 Å². The summed E-state index contributed by atoms with van der Waals surface area (Å²) in [6, 6.07) is 11.9. The van der Waals surface area contributed by atoms with E-state index in [1.54, 1.807) is 12.1 Å². The molecule has 0 spiro atoms. The number of hydrogen-bond acceptors (Lipinski definition) is 1. The third-order valence-electron chi connectivity index (χ3n) is 3.04. The van der Waals surface area contributed by atoms with Gasteiger partial charge in [-0.05, 0) is 41.8 Å². The van der Waals surface area contributed by atoms with Crippen molar-refractivity contribution in [1.82, 2.24) is 0 Å². The largest absolute Gasteiger partial charge is 0.396 e. The maximum absolute atomic E-state index is 12.9. The summed E-state index contributed by atoms with van der Waals surface area (Å²) in [7, 11) is 0. The van der Waals surface area contributed by atoms with Crippen molar-refractivity contribution in [3.8, 4) is 0 Å². The van der Waals surface area contributed by atoms with Crippen LogP contribution < -0.4 is 0 Å². The van der Waals surface area contributed by atoms with E-state index in [0.29, 0.717) is 11.4 Å². The summed E-state index contributed by atoms with van der Waals surface area (Å²) in [5, 5.41) is 10.2. The smallest absolute Gasteiger partial charge is 0.123 e. The molecule has 0 saturated carbocycles. The van der Waals surface area contributed by atoms with Crippen LogP contribution in [0, 0.1) is 5.82 Å². The molecule has 0 bridgehead atoms. The van der Waals surface area contributed by atoms with E-state index in [0.717, 1.165) is 15.6 Å². The number of benzene rings is 2. The first-order valence-electron chi connectivity index (χ1n) is 5.90. The van der Waals surface area contributed by atoms with Gasteiger partial charge in [-0.1, -0.05) is 45.7 Å². The zero-order valence-corrected chi connectivity index (χ0v) is 12.5. The number of hydrogen-bond donors (Lipinski definition) is 1. The predicted octanol–water partition coefficient (Wildman–Crippen LogP) is 4.56. The minimum atomic E-state index is -0.276. The van der Waals surface area contributed by atoms with Crippen LogP contribution in [0.4, 0.5) is 4.39 Å². The Morgan fingerprint density at radius 1 is 1.16 bits per heavy atom. The van der Waals surface area contributed by atoms with Crippen molar-refractivity contribution in [2.45, 2.75) is 12.3 Å². The highest BCUT2D eigenvalue weighted by Gasteiger charge is 2.13. The number of aliphatic hydroxyl groups excluding tert-OH is 1. The third kappa shape index (κ3) is 3.78. The van der Waals surface area contributed by atoms with Crippen LogP contribution in [-0.2, 0) is 6.42 Å². The second kappa shape index (κ2) is 6.51. The molecule has 2 rings (SSSR count). The molecular formula is C15H13BrClFO. The molecule has 1 atom stereocenters. The van der Waals surface area contributed by atoms with Crippen LogP contribution in [-0.4, -0.2) is 11.7 Å². The van der Waals surface area contributed by atoms with Crippen molar-refractivity contribution >= 4 is 27.5 Å². The molecule has 0 aliphatic carbocycles. The molecule has 4 heteroatoms. The molecule has 1 N–H and O–H groups in total. The van der Waals surface area contributed by atoms with Gasteiger partial charge in [-0.15, -0.1) is 0 Å². The van der Waals surface area contributed by atoms with E-state index in [1.807, 2.05) is 18.2 Å². The van der Waals surface area contributed by atoms with Gasteiger partial charge >= 0.3 is 0 Å². The highest BCUT2D eigenvalue weighted by atomic mass is 79.9. The van der Waals surface area contributed by atoms with E-state index >= 15 is 0 Å². The Kier molecular flexibility index (Phi) is 4.97. The standard InChI is InChI=1S/C15H13BrClFO/c16-13-4-1-11(15(17)8-13)7-12(9-19)10-2-5-14(18)6-3-10/h1-6,8,12,19H,7,9H2. The first kappa shape index (κ1) is 14.5. The van der Waals surface area contributed by atoms with Gasteiger partial charge in [0.2, 0.25) is 0 Å². The summed E-state index contributed by atoms with van der Waals surface area (Å²) in [4.78, 5) is 0. The lowest BCUT2D eigenvalue weighted by Gasteiger charge is -2.15. The SMILES string of the molecule is OCC(Cc1ccc(Br)cc1Cl)c1ccc(F)cc1. The molecule has 2 aromatic rings. The van der Waals surface area contributed by atoms with Gasteiger partial charge in [0.15, 0.2) is 0 Å². The first-order valence-corrected chi connectivity index (χ1v) is 7.07. The van der Waals surface area contributed by atoms with Crippen molar-refractivity contribution in [2.24, 2.45) is 0 Å². The van der Waals surface area contributed by atoms with Crippen LogP contribution in [0.25, 0.3) is 0 Å². The first-order chi connectivity index (χ1) is 9.10. The molecule has 1 unspecified atom stereocenters. The molecule has 1 nitrogen and oxygen atoms in total. The van der Waals surface area contributed by atoms with Crippen molar-refractivity contribution < 1.29 is 9.50 Å². The zero-order valence-electron chi connectivity index (χ0n) is 10.1. The van der Waals surface area contributed by atoms with Crippen molar-refractivity contribution in [2.75, 3.05) is 6.61 Å². The summed E-state index contributed by atoms with van der Waals surface area (Å²) in [5.41, 5.74) is 1.87. The molecule has 19 heavy (non-hydrogen) atoms. The molecule has 0 fully saturated rings. The van der Waals surface area contributed by atoms with Crippen LogP contribution in [0.3, 0.4) is 0 Å². The maximum Gasteiger partial charge on any atom is 0.123 e. The molecule has 0 aliphatic rings. The van der Waals surface area contributed by atoms with E-state index in [9.17, 15) is 9.50 Å². The summed E-state index contributed by atoms with van der Waals surface area (Å²) >= 11 is 9.53. The molecule has 0 aliphatic heterocycles. The topological polar surface area (TPSA) is 20.2 Å². The maximum atomic E-state index is 12.9. The third-order valence-corrected chi connectivity index (χ3v) is 3.89. The fourth-order valence-electron chi connectivity index (χ4n) is 1.98. The molecule has 0 saturated heterocycles. The highest BCUT2D eigenvalue weighted by Crippen LogP contribution is 2.27. The molecule has 0 amide bonds. The van der Waals surface area contributed by atoms with Crippen LogP contribution in [0.5, 0.6) is 0 Å². The second-order valence-corrected chi connectivity index (χ2v) is 5.69. The summed E-state index contributed by atoms with van der Waals surface area (Å²) < 4.78 is 13.8. The predicted molar refractivity (Wildman–Crippen MR) is 79.1 cm³/mol. The van der Waals surface area contributed by atoms with Crippen LogP contribution in [0.2, 0.25) is 5.02 Å². The second-order valence-electron chi connectivity index (χ2n) is 4.37. The minimum Gasteiger partial charge on any atom is -0.396 e. The molecule has 2 aromatic carbocycles. The lowest BCUT2D eigenvalue weighted by Crippen LogP contribution is -2.08. The summed E-state index contributed by atoms with van der Waals surface area (Å²) in [6.45, 7) is -0.00196. The van der Waals surface area contributed by atoms with Gasteiger partial charge in [-0.25, -0.2) is 4.39 Å². The van der Waals surface area contributed by atoms with Gasteiger partial charge in [0.1, 0.15) is 5.82 Å². The fraction of sp³-hybridized carbons (Fsp3) is 0.200. The van der Waals surface area contributed by atoms with Crippen molar-refractivity contribution in [1.29, 1.82) is 0 Å². The van der Waals surface area contributed by atoms with Gasteiger partial charge in [0.05, 0.1) is 6.61 Å². The lowest BCUT2D eigenvalue weighted by molar-refractivity contribution is 0.264. The van der Waals surface area contributed by atoms with E-state index in [-0.39, 0.29) is 18.3 Å². The Balaban J connectivity index is 2.21.